The van der Waals surface area contributed by atoms with Crippen LogP contribution in [-0.2, 0) is 9.59 Å². The van der Waals surface area contributed by atoms with Gasteiger partial charge in [-0.15, -0.1) is 12.4 Å². The van der Waals surface area contributed by atoms with Crippen molar-refractivity contribution in [3.8, 4) is 0 Å². The van der Waals surface area contributed by atoms with Crippen LogP contribution in [0.5, 0.6) is 0 Å². The van der Waals surface area contributed by atoms with Gasteiger partial charge in [-0.25, -0.2) is 0 Å². The van der Waals surface area contributed by atoms with Crippen LogP contribution in [0.1, 0.15) is 6.42 Å². The Labute approximate surface area is 131 Å². The highest BCUT2D eigenvalue weighted by Gasteiger charge is 2.40. The monoisotopic (exact) mass is 345 g/mol. The van der Waals surface area contributed by atoms with Crippen LogP contribution in [0.25, 0.3) is 0 Å². The van der Waals surface area contributed by atoms with E-state index >= 15 is 0 Å². The van der Waals surface area contributed by atoms with E-state index in [-0.39, 0.29) is 37.8 Å². The molecule has 0 aromatic carbocycles. The first-order valence-electron chi connectivity index (χ1n) is 6.77. The Morgan fingerprint density at radius 3 is 2.64 bits per heavy atom. The summed E-state index contributed by atoms with van der Waals surface area (Å²) in [6.07, 6.45) is -5.20. The molecule has 2 fully saturated rings. The van der Waals surface area contributed by atoms with E-state index in [1.54, 1.807) is 0 Å². The molecular formula is C12H19ClF3N3O3. The van der Waals surface area contributed by atoms with E-state index in [9.17, 15) is 27.9 Å². The number of aliphatic hydroxyl groups is 1. The van der Waals surface area contributed by atoms with Gasteiger partial charge in [0.15, 0.2) is 0 Å². The van der Waals surface area contributed by atoms with E-state index in [2.05, 4.69) is 10.6 Å². The first-order chi connectivity index (χ1) is 9.76. The van der Waals surface area contributed by atoms with E-state index in [4.69, 9.17) is 0 Å². The molecule has 0 saturated carbocycles. The average molecular weight is 346 g/mol. The zero-order valence-corrected chi connectivity index (χ0v) is 12.5. The number of aliphatic hydroxyl groups excluding tert-OH is 1. The lowest BCUT2D eigenvalue weighted by Gasteiger charge is -2.19. The van der Waals surface area contributed by atoms with Gasteiger partial charge in [0.2, 0.25) is 11.8 Å². The van der Waals surface area contributed by atoms with E-state index in [1.807, 2.05) is 0 Å². The number of rotatable bonds is 4. The van der Waals surface area contributed by atoms with Gasteiger partial charge in [0.05, 0.1) is 12.0 Å². The minimum atomic E-state index is -4.46. The third kappa shape index (κ3) is 4.99. The molecule has 2 aliphatic heterocycles. The highest BCUT2D eigenvalue weighted by molar-refractivity contribution is 5.89. The number of hydrogen-bond acceptors (Lipinski definition) is 4. The Hall–Kier alpha value is -1.06. The average Bonchev–Trinajstić information content (AvgIpc) is 2.92. The van der Waals surface area contributed by atoms with Gasteiger partial charge in [0.1, 0.15) is 6.54 Å². The summed E-state index contributed by atoms with van der Waals surface area (Å²) in [5.74, 6) is -1.97. The van der Waals surface area contributed by atoms with Crippen molar-refractivity contribution in [1.29, 1.82) is 0 Å². The Kier molecular flexibility index (Phi) is 6.45. The van der Waals surface area contributed by atoms with Gasteiger partial charge in [0.25, 0.3) is 0 Å². The number of alkyl halides is 3. The molecule has 22 heavy (non-hydrogen) atoms. The minimum Gasteiger partial charge on any atom is -0.391 e. The lowest BCUT2D eigenvalue weighted by Crippen LogP contribution is -2.39. The van der Waals surface area contributed by atoms with Crippen molar-refractivity contribution in [3.05, 3.63) is 0 Å². The maximum absolute atomic E-state index is 12.3. The summed E-state index contributed by atoms with van der Waals surface area (Å²) >= 11 is 0. The predicted octanol–water partition coefficient (Wildman–Crippen LogP) is -0.485. The topological polar surface area (TPSA) is 81.7 Å². The standard InChI is InChI=1S/C12H18F3N3O3.ClH/c13-12(14,15)6-18-5-7(1-10(18)20)11(21)17-3-8-2-16-4-9(8)19;/h7-9,16,19H,1-6H2,(H,17,21);1H. The van der Waals surface area contributed by atoms with Gasteiger partial charge in [-0.05, 0) is 0 Å². The first-order valence-corrected chi connectivity index (χ1v) is 6.77. The molecule has 0 aromatic heterocycles. The lowest BCUT2D eigenvalue weighted by molar-refractivity contribution is -0.157. The fourth-order valence-corrected chi connectivity index (χ4v) is 2.62. The fourth-order valence-electron chi connectivity index (χ4n) is 2.62. The Balaban J connectivity index is 0.00000242. The summed E-state index contributed by atoms with van der Waals surface area (Å²) in [7, 11) is 0. The summed E-state index contributed by atoms with van der Waals surface area (Å²) < 4.78 is 36.8. The van der Waals surface area contributed by atoms with Gasteiger partial charge < -0.3 is 20.6 Å². The number of nitrogens with one attached hydrogen (secondary N) is 2. The van der Waals surface area contributed by atoms with E-state index in [0.717, 1.165) is 0 Å². The van der Waals surface area contributed by atoms with Gasteiger partial charge in [-0.1, -0.05) is 0 Å². The van der Waals surface area contributed by atoms with Crippen LogP contribution >= 0.6 is 12.4 Å². The maximum atomic E-state index is 12.3. The predicted molar refractivity (Wildman–Crippen MR) is 73.4 cm³/mol. The van der Waals surface area contributed by atoms with Crippen LogP contribution in [-0.4, -0.2) is 66.8 Å². The highest BCUT2D eigenvalue weighted by atomic mass is 35.5. The molecule has 128 valence electrons. The van der Waals surface area contributed by atoms with Crippen LogP contribution in [0.15, 0.2) is 0 Å². The van der Waals surface area contributed by atoms with Crippen molar-refractivity contribution in [1.82, 2.24) is 15.5 Å². The maximum Gasteiger partial charge on any atom is 0.406 e. The zero-order valence-electron chi connectivity index (χ0n) is 11.7. The van der Waals surface area contributed by atoms with Crippen molar-refractivity contribution in [3.63, 3.8) is 0 Å². The van der Waals surface area contributed by atoms with Crippen LogP contribution in [0.2, 0.25) is 0 Å². The van der Waals surface area contributed by atoms with Crippen LogP contribution in [0.4, 0.5) is 13.2 Å². The first kappa shape index (κ1) is 19.0. The van der Waals surface area contributed by atoms with Crippen LogP contribution < -0.4 is 10.6 Å². The highest BCUT2D eigenvalue weighted by Crippen LogP contribution is 2.24. The summed E-state index contributed by atoms with van der Waals surface area (Å²) in [4.78, 5) is 24.0. The van der Waals surface area contributed by atoms with E-state index in [0.29, 0.717) is 18.0 Å². The molecule has 10 heteroatoms. The van der Waals surface area contributed by atoms with Gasteiger partial charge in [-0.3, -0.25) is 9.59 Å². The smallest absolute Gasteiger partial charge is 0.391 e. The molecule has 0 radical (unpaired) electrons. The van der Waals surface area contributed by atoms with Crippen molar-refractivity contribution in [2.75, 3.05) is 32.7 Å². The molecule has 3 atom stereocenters. The number of halogens is 4. The number of carbonyl (C=O) groups is 2. The molecule has 2 aliphatic rings. The second-order valence-electron chi connectivity index (χ2n) is 5.52. The van der Waals surface area contributed by atoms with Gasteiger partial charge in [0, 0.05) is 38.5 Å². The summed E-state index contributed by atoms with van der Waals surface area (Å²) in [5, 5.41) is 15.1. The number of β-amino-alcohol motifs (C(OH)–C–C–N with tert-alkyl or cyclic N) is 1. The fraction of sp³-hybridized carbons (Fsp3) is 0.833. The van der Waals surface area contributed by atoms with Gasteiger partial charge in [-0.2, -0.15) is 13.2 Å². The molecule has 6 nitrogen and oxygen atoms in total. The number of likely N-dealkylation sites (tertiary alicyclic amines) is 1. The third-order valence-electron chi connectivity index (χ3n) is 3.80. The molecule has 0 aromatic rings. The molecule has 0 spiro atoms. The Morgan fingerprint density at radius 2 is 2.09 bits per heavy atom. The van der Waals surface area contributed by atoms with Crippen molar-refractivity contribution >= 4 is 24.2 Å². The van der Waals surface area contributed by atoms with Crippen LogP contribution in [0, 0.1) is 11.8 Å². The van der Waals surface area contributed by atoms with E-state index < -0.39 is 36.6 Å². The number of nitrogens with zero attached hydrogens (tertiary/aromatic N) is 1. The molecule has 0 aliphatic carbocycles. The van der Waals surface area contributed by atoms with Crippen molar-refractivity contribution in [2.45, 2.75) is 18.7 Å². The largest absolute Gasteiger partial charge is 0.406 e. The SMILES string of the molecule is Cl.O=C(NCC1CNCC1O)C1CC(=O)N(CC(F)(F)F)C1. The lowest BCUT2D eigenvalue weighted by atomic mass is 10.0. The second-order valence-corrected chi connectivity index (χ2v) is 5.52. The molecule has 3 unspecified atom stereocenters. The molecule has 0 bridgehead atoms. The quantitative estimate of drug-likeness (QED) is 0.642. The molecular weight excluding hydrogens is 327 g/mol. The summed E-state index contributed by atoms with van der Waals surface area (Å²) in [5.41, 5.74) is 0. The molecule has 2 rings (SSSR count). The molecule has 3 N–H and O–H groups in total. The Morgan fingerprint density at radius 1 is 1.41 bits per heavy atom. The van der Waals surface area contributed by atoms with Gasteiger partial charge >= 0.3 is 6.18 Å². The number of carbonyl (C=O) groups excluding carboxylic acids is 2. The zero-order chi connectivity index (χ0) is 15.6. The number of amides is 2. The number of hydrogen-bond donors (Lipinski definition) is 3. The normalized spacial score (nSPS) is 28.6. The van der Waals surface area contributed by atoms with Crippen molar-refractivity contribution in [2.24, 2.45) is 11.8 Å². The third-order valence-corrected chi connectivity index (χ3v) is 3.80. The van der Waals surface area contributed by atoms with Crippen LogP contribution in [0.3, 0.4) is 0 Å². The summed E-state index contributed by atoms with van der Waals surface area (Å²) in [6, 6.07) is 0. The summed E-state index contributed by atoms with van der Waals surface area (Å²) in [6.45, 7) is -0.249. The molecule has 2 heterocycles. The second kappa shape index (κ2) is 7.47. The van der Waals surface area contributed by atoms with E-state index in [1.165, 1.54) is 0 Å². The minimum absolute atomic E-state index is 0. The molecule has 2 amide bonds. The van der Waals surface area contributed by atoms with Crippen molar-refractivity contribution < 1.29 is 27.9 Å². The molecule has 2 saturated heterocycles. The Bertz CT molecular complexity index is 422.